The summed E-state index contributed by atoms with van der Waals surface area (Å²) in [6.45, 7) is 1.76. The maximum Gasteiger partial charge on any atom is 0.255 e. The van der Waals surface area contributed by atoms with Crippen molar-refractivity contribution in [2.75, 3.05) is 19.4 Å². The van der Waals surface area contributed by atoms with Crippen LogP contribution >= 0.6 is 0 Å². The molecule has 128 valence electrons. The van der Waals surface area contributed by atoms with E-state index in [0.29, 0.717) is 11.3 Å². The van der Waals surface area contributed by atoms with Gasteiger partial charge in [0.05, 0.1) is 4.90 Å². The SMILES string of the molecule is Cc1ccc(S(=O)(=O)N(C)C)cc1NC(=O)c1ccn(C)c(=O)c1. The largest absolute Gasteiger partial charge is 0.322 e. The van der Waals surface area contributed by atoms with Crippen molar-refractivity contribution >= 4 is 21.6 Å². The second kappa shape index (κ2) is 6.58. The number of nitrogens with one attached hydrogen (secondary N) is 1. The maximum absolute atomic E-state index is 12.3. The maximum atomic E-state index is 12.3. The van der Waals surface area contributed by atoms with E-state index in [-0.39, 0.29) is 16.0 Å². The van der Waals surface area contributed by atoms with Crippen LogP contribution in [0, 0.1) is 6.92 Å². The minimum Gasteiger partial charge on any atom is -0.322 e. The normalized spacial score (nSPS) is 11.5. The average Bonchev–Trinajstić information content (AvgIpc) is 2.51. The first-order valence-electron chi connectivity index (χ1n) is 7.14. The molecule has 1 amide bonds. The van der Waals surface area contributed by atoms with Crippen molar-refractivity contribution in [1.29, 1.82) is 0 Å². The summed E-state index contributed by atoms with van der Waals surface area (Å²) in [6.07, 6.45) is 1.50. The van der Waals surface area contributed by atoms with Gasteiger partial charge < -0.3 is 9.88 Å². The van der Waals surface area contributed by atoms with E-state index in [2.05, 4.69) is 5.32 Å². The number of rotatable bonds is 4. The first kappa shape index (κ1) is 17.9. The highest BCUT2D eigenvalue weighted by Crippen LogP contribution is 2.22. The van der Waals surface area contributed by atoms with E-state index in [9.17, 15) is 18.0 Å². The highest BCUT2D eigenvalue weighted by atomic mass is 32.2. The molecule has 24 heavy (non-hydrogen) atoms. The molecule has 0 bridgehead atoms. The molecular weight excluding hydrogens is 330 g/mol. The summed E-state index contributed by atoms with van der Waals surface area (Å²) in [5.74, 6) is -0.477. The van der Waals surface area contributed by atoms with Crippen molar-refractivity contribution in [3.05, 3.63) is 58.0 Å². The summed E-state index contributed by atoms with van der Waals surface area (Å²) in [6, 6.07) is 7.26. The topological polar surface area (TPSA) is 88.5 Å². The second-order valence-corrected chi connectivity index (χ2v) is 7.73. The van der Waals surface area contributed by atoms with Gasteiger partial charge in [0.2, 0.25) is 10.0 Å². The molecule has 2 aromatic rings. The lowest BCUT2D eigenvalue weighted by molar-refractivity contribution is 0.102. The molecule has 0 spiro atoms. The monoisotopic (exact) mass is 349 g/mol. The Labute approximate surface area is 140 Å². The van der Waals surface area contributed by atoms with Gasteiger partial charge in [-0.05, 0) is 30.7 Å². The lowest BCUT2D eigenvalue weighted by Gasteiger charge is -2.14. The fourth-order valence-electron chi connectivity index (χ4n) is 1.99. The summed E-state index contributed by atoms with van der Waals surface area (Å²) in [5, 5.41) is 2.65. The molecule has 8 heteroatoms. The van der Waals surface area contributed by atoms with E-state index in [4.69, 9.17) is 0 Å². The zero-order valence-electron chi connectivity index (χ0n) is 13.9. The van der Waals surface area contributed by atoms with Gasteiger partial charge in [0.1, 0.15) is 0 Å². The number of benzene rings is 1. The number of aromatic nitrogens is 1. The third-order valence-electron chi connectivity index (χ3n) is 3.60. The molecule has 1 N–H and O–H groups in total. The Balaban J connectivity index is 2.37. The first-order chi connectivity index (χ1) is 11.1. The minimum absolute atomic E-state index is 0.0809. The average molecular weight is 349 g/mol. The van der Waals surface area contributed by atoms with Crippen molar-refractivity contribution in [1.82, 2.24) is 8.87 Å². The van der Waals surface area contributed by atoms with Crippen LogP contribution in [0.25, 0.3) is 0 Å². The van der Waals surface area contributed by atoms with Crippen molar-refractivity contribution in [2.45, 2.75) is 11.8 Å². The van der Waals surface area contributed by atoms with Crippen LogP contribution in [0.5, 0.6) is 0 Å². The first-order valence-corrected chi connectivity index (χ1v) is 8.58. The molecule has 0 unspecified atom stereocenters. The minimum atomic E-state index is -3.60. The molecule has 0 fully saturated rings. The number of aryl methyl sites for hydroxylation is 2. The van der Waals surface area contributed by atoms with Crippen LogP contribution in [0.2, 0.25) is 0 Å². The molecule has 0 atom stereocenters. The van der Waals surface area contributed by atoms with Gasteiger partial charge in [-0.25, -0.2) is 12.7 Å². The third-order valence-corrected chi connectivity index (χ3v) is 5.41. The number of sulfonamides is 1. The smallest absolute Gasteiger partial charge is 0.255 e. The standard InChI is InChI=1S/C16H19N3O4S/c1-11-5-6-13(24(22,23)18(2)3)10-14(11)17-16(21)12-7-8-19(4)15(20)9-12/h5-10H,1-4H3,(H,17,21). The number of pyridine rings is 1. The Hall–Kier alpha value is -2.45. The number of amides is 1. The second-order valence-electron chi connectivity index (χ2n) is 5.58. The zero-order valence-corrected chi connectivity index (χ0v) is 14.7. The predicted molar refractivity (Wildman–Crippen MR) is 91.7 cm³/mol. The molecule has 0 aliphatic carbocycles. The highest BCUT2D eigenvalue weighted by Gasteiger charge is 2.19. The van der Waals surface area contributed by atoms with Gasteiger partial charge in [0, 0.05) is 44.7 Å². The van der Waals surface area contributed by atoms with Crippen LogP contribution in [0.15, 0.2) is 46.2 Å². The van der Waals surface area contributed by atoms with Crippen LogP contribution in [-0.2, 0) is 17.1 Å². The van der Waals surface area contributed by atoms with Crippen LogP contribution in [0.1, 0.15) is 15.9 Å². The molecule has 0 aliphatic rings. The summed E-state index contributed by atoms with van der Waals surface area (Å²) < 4.78 is 26.9. The Bertz CT molecular complexity index is 946. The van der Waals surface area contributed by atoms with Crippen LogP contribution in [0.4, 0.5) is 5.69 Å². The molecule has 0 aliphatic heterocycles. The molecule has 1 aromatic carbocycles. The molecule has 1 aromatic heterocycles. The number of hydrogen-bond donors (Lipinski definition) is 1. The number of nitrogens with zero attached hydrogens (tertiary/aromatic N) is 2. The van der Waals surface area contributed by atoms with Gasteiger partial charge in [-0.2, -0.15) is 0 Å². The van der Waals surface area contributed by atoms with Gasteiger partial charge in [-0.1, -0.05) is 6.07 Å². The van der Waals surface area contributed by atoms with Crippen LogP contribution in [0.3, 0.4) is 0 Å². The van der Waals surface area contributed by atoms with Crippen molar-refractivity contribution in [2.24, 2.45) is 7.05 Å². The fourth-order valence-corrected chi connectivity index (χ4v) is 2.92. The molecule has 0 radical (unpaired) electrons. The van der Waals surface area contributed by atoms with Gasteiger partial charge in [-0.15, -0.1) is 0 Å². The van der Waals surface area contributed by atoms with Crippen LogP contribution < -0.4 is 10.9 Å². The fraction of sp³-hybridized carbons (Fsp3) is 0.250. The molecular formula is C16H19N3O4S. The van der Waals surface area contributed by atoms with E-state index in [1.807, 2.05) is 0 Å². The quantitative estimate of drug-likeness (QED) is 0.898. The lowest BCUT2D eigenvalue weighted by Crippen LogP contribution is -2.23. The van der Waals surface area contributed by atoms with Gasteiger partial charge in [0.15, 0.2) is 0 Å². The molecule has 2 rings (SSSR count). The molecule has 1 heterocycles. The highest BCUT2D eigenvalue weighted by molar-refractivity contribution is 7.89. The Morgan fingerprint density at radius 3 is 2.42 bits per heavy atom. The zero-order chi connectivity index (χ0) is 18.1. The number of hydrogen-bond acceptors (Lipinski definition) is 4. The van der Waals surface area contributed by atoms with Gasteiger partial charge in [-0.3, -0.25) is 9.59 Å². The van der Waals surface area contributed by atoms with Gasteiger partial charge in [0.25, 0.3) is 11.5 Å². The summed E-state index contributed by atoms with van der Waals surface area (Å²) >= 11 is 0. The predicted octanol–water partition coefficient (Wildman–Crippen LogP) is 1.20. The number of carbonyl (C=O) groups excluding carboxylic acids is 1. The van der Waals surface area contributed by atoms with Crippen LogP contribution in [-0.4, -0.2) is 37.3 Å². The third kappa shape index (κ3) is 3.55. The van der Waals surface area contributed by atoms with Crippen molar-refractivity contribution in [3.8, 4) is 0 Å². The van der Waals surface area contributed by atoms with E-state index in [0.717, 1.165) is 4.31 Å². The summed E-state index contributed by atoms with van der Waals surface area (Å²) in [4.78, 5) is 24.0. The Morgan fingerprint density at radius 2 is 1.83 bits per heavy atom. The van der Waals surface area contributed by atoms with Crippen molar-refractivity contribution in [3.63, 3.8) is 0 Å². The summed E-state index contributed by atoms with van der Waals surface area (Å²) in [7, 11) is 0.862. The van der Waals surface area contributed by atoms with E-state index < -0.39 is 15.9 Å². The lowest BCUT2D eigenvalue weighted by atomic mass is 10.2. The summed E-state index contributed by atoms with van der Waals surface area (Å²) in [5.41, 5.74) is 0.996. The van der Waals surface area contributed by atoms with E-state index >= 15 is 0 Å². The van der Waals surface area contributed by atoms with Crippen molar-refractivity contribution < 1.29 is 13.2 Å². The number of carbonyl (C=O) groups is 1. The van der Waals surface area contributed by atoms with E-state index in [1.165, 1.54) is 49.1 Å². The molecule has 0 saturated carbocycles. The van der Waals surface area contributed by atoms with E-state index in [1.54, 1.807) is 20.0 Å². The number of anilines is 1. The molecule has 0 saturated heterocycles. The molecule has 7 nitrogen and oxygen atoms in total. The Morgan fingerprint density at radius 1 is 1.17 bits per heavy atom. The van der Waals surface area contributed by atoms with Gasteiger partial charge >= 0.3 is 0 Å². The Kier molecular flexibility index (Phi) is 4.91.